The monoisotopic (exact) mass is 326 g/mol. The third-order valence-electron chi connectivity index (χ3n) is 3.80. The Morgan fingerprint density at radius 1 is 1.17 bits per heavy atom. The third kappa shape index (κ3) is 3.87. The first kappa shape index (κ1) is 15.9. The van der Waals surface area contributed by atoms with Gasteiger partial charge in [0, 0.05) is 30.6 Å². The molecule has 0 aliphatic heterocycles. The van der Waals surface area contributed by atoms with Gasteiger partial charge in [-0.15, -0.1) is 0 Å². The number of nitrogens with zero attached hydrogens (tertiary/aromatic N) is 2. The lowest BCUT2D eigenvalue weighted by atomic mass is 10.1. The van der Waals surface area contributed by atoms with E-state index in [2.05, 4.69) is 15.6 Å². The summed E-state index contributed by atoms with van der Waals surface area (Å²) < 4.78 is 0. The van der Waals surface area contributed by atoms with Crippen LogP contribution in [-0.2, 0) is 4.79 Å². The Kier molecular flexibility index (Phi) is 4.69. The SMILES string of the molecule is O=C(NCCNc1ccc([N+](=O)[O-])c(-c2ccccc2)n1)C1CC1. The highest BCUT2D eigenvalue weighted by Gasteiger charge is 2.29. The molecule has 1 aliphatic carbocycles. The van der Waals surface area contributed by atoms with Crippen LogP contribution in [0.2, 0.25) is 0 Å². The van der Waals surface area contributed by atoms with E-state index in [0.29, 0.717) is 30.2 Å². The van der Waals surface area contributed by atoms with E-state index in [0.717, 1.165) is 12.8 Å². The minimum atomic E-state index is -0.436. The molecule has 0 atom stereocenters. The van der Waals surface area contributed by atoms with Gasteiger partial charge in [0.15, 0.2) is 5.69 Å². The van der Waals surface area contributed by atoms with Crippen LogP contribution < -0.4 is 10.6 Å². The predicted octanol–water partition coefficient (Wildman–Crippen LogP) is 2.59. The molecule has 0 radical (unpaired) electrons. The van der Waals surface area contributed by atoms with Gasteiger partial charge in [0.2, 0.25) is 5.91 Å². The van der Waals surface area contributed by atoms with Crippen molar-refractivity contribution in [3.8, 4) is 11.3 Å². The van der Waals surface area contributed by atoms with Crippen molar-refractivity contribution in [1.82, 2.24) is 10.3 Å². The van der Waals surface area contributed by atoms with Gasteiger partial charge in [0.05, 0.1) is 4.92 Å². The van der Waals surface area contributed by atoms with Gasteiger partial charge in [-0.25, -0.2) is 4.98 Å². The van der Waals surface area contributed by atoms with Gasteiger partial charge < -0.3 is 10.6 Å². The number of nitrogens with one attached hydrogen (secondary N) is 2. The molecule has 1 aliphatic rings. The molecule has 124 valence electrons. The maximum absolute atomic E-state index is 11.5. The molecule has 24 heavy (non-hydrogen) atoms. The van der Waals surface area contributed by atoms with Crippen molar-refractivity contribution < 1.29 is 9.72 Å². The number of hydrogen-bond donors (Lipinski definition) is 2. The third-order valence-corrected chi connectivity index (χ3v) is 3.80. The van der Waals surface area contributed by atoms with E-state index in [1.165, 1.54) is 6.07 Å². The van der Waals surface area contributed by atoms with Gasteiger partial charge in [-0.1, -0.05) is 30.3 Å². The Balaban J connectivity index is 1.67. The fourth-order valence-electron chi connectivity index (χ4n) is 2.37. The van der Waals surface area contributed by atoms with Crippen LogP contribution in [0.3, 0.4) is 0 Å². The van der Waals surface area contributed by atoms with E-state index in [9.17, 15) is 14.9 Å². The molecular weight excluding hydrogens is 308 g/mol. The van der Waals surface area contributed by atoms with Gasteiger partial charge in [-0.2, -0.15) is 0 Å². The largest absolute Gasteiger partial charge is 0.368 e. The molecule has 0 bridgehead atoms. The number of benzene rings is 1. The fourth-order valence-corrected chi connectivity index (χ4v) is 2.37. The average molecular weight is 326 g/mol. The number of carbonyl (C=O) groups excluding carboxylic acids is 1. The summed E-state index contributed by atoms with van der Waals surface area (Å²) >= 11 is 0. The minimum Gasteiger partial charge on any atom is -0.368 e. The molecule has 7 heteroatoms. The second-order valence-electron chi connectivity index (χ2n) is 5.68. The summed E-state index contributed by atoms with van der Waals surface area (Å²) in [7, 11) is 0. The van der Waals surface area contributed by atoms with Gasteiger partial charge in [-0.05, 0) is 18.9 Å². The zero-order valence-electron chi connectivity index (χ0n) is 13.1. The number of pyridine rings is 1. The molecule has 1 fully saturated rings. The van der Waals surface area contributed by atoms with Crippen LogP contribution in [0, 0.1) is 16.0 Å². The number of hydrogen-bond acceptors (Lipinski definition) is 5. The van der Waals surface area contributed by atoms with Crippen molar-refractivity contribution in [3.63, 3.8) is 0 Å². The highest BCUT2D eigenvalue weighted by molar-refractivity contribution is 5.80. The molecular formula is C17H18N4O3. The Morgan fingerprint density at radius 2 is 1.92 bits per heavy atom. The number of carbonyl (C=O) groups is 1. The predicted molar refractivity (Wildman–Crippen MR) is 90.6 cm³/mol. The van der Waals surface area contributed by atoms with Crippen LogP contribution in [0.25, 0.3) is 11.3 Å². The van der Waals surface area contributed by atoms with Crippen LogP contribution in [-0.4, -0.2) is 28.9 Å². The Hall–Kier alpha value is -2.96. The van der Waals surface area contributed by atoms with Crippen molar-refractivity contribution in [1.29, 1.82) is 0 Å². The van der Waals surface area contributed by atoms with Crippen LogP contribution in [0.4, 0.5) is 11.5 Å². The van der Waals surface area contributed by atoms with Gasteiger partial charge in [0.1, 0.15) is 5.82 Å². The Morgan fingerprint density at radius 3 is 2.58 bits per heavy atom. The molecule has 1 saturated carbocycles. The average Bonchev–Trinajstić information content (AvgIpc) is 3.44. The summed E-state index contributed by atoms with van der Waals surface area (Å²) in [6.45, 7) is 1.01. The first-order valence-electron chi connectivity index (χ1n) is 7.87. The molecule has 3 rings (SSSR count). The van der Waals surface area contributed by atoms with Crippen molar-refractivity contribution in [2.75, 3.05) is 18.4 Å². The van der Waals surface area contributed by atoms with Gasteiger partial charge in [-0.3, -0.25) is 14.9 Å². The normalized spacial score (nSPS) is 13.3. The summed E-state index contributed by atoms with van der Waals surface area (Å²) in [5.74, 6) is 0.825. The number of amides is 1. The quantitative estimate of drug-likeness (QED) is 0.463. The zero-order valence-corrected chi connectivity index (χ0v) is 13.1. The van der Waals surface area contributed by atoms with Crippen LogP contribution in [0.1, 0.15) is 12.8 Å². The summed E-state index contributed by atoms with van der Waals surface area (Å²) in [4.78, 5) is 26.7. The smallest absolute Gasteiger partial charge is 0.295 e. The van der Waals surface area contributed by atoms with E-state index in [-0.39, 0.29) is 17.5 Å². The lowest BCUT2D eigenvalue weighted by molar-refractivity contribution is -0.384. The molecule has 2 N–H and O–H groups in total. The molecule has 1 aromatic carbocycles. The van der Waals surface area contributed by atoms with Crippen LogP contribution in [0.15, 0.2) is 42.5 Å². The Bertz CT molecular complexity index is 745. The van der Waals surface area contributed by atoms with Crippen LogP contribution in [0.5, 0.6) is 0 Å². The van der Waals surface area contributed by atoms with E-state index in [4.69, 9.17) is 0 Å². The number of rotatable bonds is 7. The van der Waals surface area contributed by atoms with Gasteiger partial charge >= 0.3 is 0 Å². The summed E-state index contributed by atoms with van der Waals surface area (Å²) in [5, 5.41) is 17.1. The standard InChI is InChI=1S/C17H18N4O3/c22-17(13-6-7-13)19-11-10-18-15-9-8-14(21(23)24)16(20-15)12-4-2-1-3-5-12/h1-5,8-9,13H,6-7,10-11H2,(H,18,20)(H,19,22). The van der Waals surface area contributed by atoms with Crippen molar-refractivity contribution in [2.45, 2.75) is 12.8 Å². The minimum absolute atomic E-state index is 0.0335. The molecule has 0 saturated heterocycles. The lowest BCUT2D eigenvalue weighted by Gasteiger charge is -2.09. The van der Waals surface area contributed by atoms with Crippen molar-refractivity contribution >= 4 is 17.4 Å². The fraction of sp³-hybridized carbons (Fsp3) is 0.294. The molecule has 7 nitrogen and oxygen atoms in total. The van der Waals surface area contributed by atoms with E-state index in [1.807, 2.05) is 18.2 Å². The second-order valence-corrected chi connectivity index (χ2v) is 5.68. The molecule has 1 aromatic heterocycles. The highest BCUT2D eigenvalue weighted by atomic mass is 16.6. The van der Waals surface area contributed by atoms with Crippen molar-refractivity contribution in [3.05, 3.63) is 52.6 Å². The topological polar surface area (TPSA) is 97.2 Å². The zero-order chi connectivity index (χ0) is 16.9. The molecule has 0 spiro atoms. The van der Waals surface area contributed by atoms with E-state index < -0.39 is 4.92 Å². The first-order chi connectivity index (χ1) is 11.6. The first-order valence-corrected chi connectivity index (χ1v) is 7.87. The number of nitro groups is 1. The molecule has 1 heterocycles. The van der Waals surface area contributed by atoms with E-state index >= 15 is 0 Å². The van der Waals surface area contributed by atoms with Crippen molar-refractivity contribution in [2.24, 2.45) is 5.92 Å². The maximum atomic E-state index is 11.5. The second kappa shape index (κ2) is 7.08. The summed E-state index contributed by atoms with van der Waals surface area (Å²) in [5.41, 5.74) is 0.983. The van der Waals surface area contributed by atoms with Crippen LogP contribution >= 0.6 is 0 Å². The highest BCUT2D eigenvalue weighted by Crippen LogP contribution is 2.29. The lowest BCUT2D eigenvalue weighted by Crippen LogP contribution is -2.29. The van der Waals surface area contributed by atoms with Gasteiger partial charge in [0.25, 0.3) is 5.69 Å². The molecule has 0 unspecified atom stereocenters. The Labute approximate surface area is 139 Å². The summed E-state index contributed by atoms with van der Waals surface area (Å²) in [6, 6.07) is 12.1. The number of aromatic nitrogens is 1. The maximum Gasteiger partial charge on any atom is 0.295 e. The number of anilines is 1. The van der Waals surface area contributed by atoms with E-state index in [1.54, 1.807) is 18.2 Å². The molecule has 2 aromatic rings. The summed E-state index contributed by atoms with van der Waals surface area (Å²) in [6.07, 6.45) is 1.95. The molecule has 1 amide bonds.